The van der Waals surface area contributed by atoms with Gasteiger partial charge in [-0.3, -0.25) is 0 Å². The molecular weight excluding hydrogens is 474 g/mol. The Kier molecular flexibility index (Phi) is 5.43. The summed E-state index contributed by atoms with van der Waals surface area (Å²) in [6.07, 6.45) is 1.55. The van der Waals surface area contributed by atoms with Gasteiger partial charge in [-0.2, -0.15) is 9.78 Å². The van der Waals surface area contributed by atoms with E-state index in [1.165, 1.54) is 28.9 Å². The van der Waals surface area contributed by atoms with Crippen LogP contribution in [0, 0.1) is 0 Å². The minimum atomic E-state index is -4.06. The van der Waals surface area contributed by atoms with Crippen LogP contribution < -0.4 is 10.5 Å². The van der Waals surface area contributed by atoms with Gasteiger partial charge < -0.3 is 10.5 Å². The van der Waals surface area contributed by atoms with Crippen LogP contribution in [0.2, 0.25) is 5.02 Å². The molecular formula is C24H18ClN5O3S. The Morgan fingerprint density at radius 1 is 1.00 bits per heavy atom. The summed E-state index contributed by atoms with van der Waals surface area (Å²) < 4.78 is 33.8. The van der Waals surface area contributed by atoms with Crippen LogP contribution in [0.3, 0.4) is 0 Å². The van der Waals surface area contributed by atoms with E-state index >= 15 is 0 Å². The fraction of sp³-hybridized carbons (Fsp3) is 0.0417. The molecule has 0 amide bonds. The fourth-order valence-electron chi connectivity index (χ4n) is 3.58. The van der Waals surface area contributed by atoms with Gasteiger partial charge in [0.15, 0.2) is 5.65 Å². The first-order valence-electron chi connectivity index (χ1n) is 10.1. The molecule has 0 aliphatic carbocycles. The van der Waals surface area contributed by atoms with E-state index in [4.69, 9.17) is 22.1 Å². The van der Waals surface area contributed by atoms with Crippen molar-refractivity contribution in [3.05, 3.63) is 83.4 Å². The lowest BCUT2D eigenvalue weighted by Gasteiger charge is -2.05. The summed E-state index contributed by atoms with van der Waals surface area (Å²) >= 11 is 5.95. The number of hydrogen-bond donors (Lipinski definition) is 1. The molecule has 34 heavy (non-hydrogen) atoms. The minimum Gasteiger partial charge on any atom is -0.497 e. The molecule has 0 saturated carbocycles. The van der Waals surface area contributed by atoms with E-state index in [1.54, 1.807) is 37.6 Å². The molecule has 0 radical (unpaired) electrons. The van der Waals surface area contributed by atoms with Gasteiger partial charge in [0.05, 0.1) is 29.3 Å². The molecule has 0 bridgehead atoms. The van der Waals surface area contributed by atoms with E-state index in [9.17, 15) is 8.42 Å². The number of aromatic nitrogens is 3. The summed E-state index contributed by atoms with van der Waals surface area (Å²) in [6, 6.07) is 20.3. The third kappa shape index (κ3) is 3.74. The van der Waals surface area contributed by atoms with Gasteiger partial charge in [-0.1, -0.05) is 35.9 Å². The van der Waals surface area contributed by atoms with E-state index in [1.807, 2.05) is 24.3 Å². The Morgan fingerprint density at radius 2 is 1.71 bits per heavy atom. The maximum absolute atomic E-state index is 13.6. The van der Waals surface area contributed by atoms with E-state index in [0.717, 1.165) is 5.56 Å². The number of ether oxygens (including phenoxy) is 1. The lowest BCUT2D eigenvalue weighted by molar-refractivity contribution is 0.415. The van der Waals surface area contributed by atoms with Gasteiger partial charge >= 0.3 is 0 Å². The maximum Gasteiger partial charge on any atom is 0.212 e. The Hall–Kier alpha value is -3.95. The Morgan fingerprint density at radius 3 is 2.41 bits per heavy atom. The average Bonchev–Trinajstić information content (AvgIpc) is 3.12. The molecule has 0 spiro atoms. The fourth-order valence-corrected chi connectivity index (χ4v) is 5.19. The molecule has 2 N–H and O–H groups in total. The highest BCUT2D eigenvalue weighted by Crippen LogP contribution is 2.35. The first-order valence-corrected chi connectivity index (χ1v) is 12.0. The molecule has 0 aliphatic rings. The zero-order valence-electron chi connectivity index (χ0n) is 17.9. The van der Waals surface area contributed by atoms with Crippen LogP contribution in [-0.4, -0.2) is 36.4 Å². The third-order valence-electron chi connectivity index (χ3n) is 5.24. The summed E-state index contributed by atoms with van der Waals surface area (Å²) in [6.45, 7) is 0. The Labute approximate surface area is 200 Å². The third-order valence-corrected chi connectivity index (χ3v) is 7.32. The van der Waals surface area contributed by atoms with Crippen molar-refractivity contribution in [1.29, 1.82) is 0 Å². The zero-order chi connectivity index (χ0) is 23.9. The van der Waals surface area contributed by atoms with Crippen molar-refractivity contribution in [2.45, 2.75) is 9.79 Å². The molecule has 5 aromatic rings. The number of anilines is 1. The number of sulfone groups is 1. The number of methoxy groups -OCH3 is 1. The van der Waals surface area contributed by atoms with Gasteiger partial charge in [-0.15, -0.1) is 0 Å². The van der Waals surface area contributed by atoms with E-state index in [2.05, 4.69) is 15.1 Å². The van der Waals surface area contributed by atoms with E-state index < -0.39 is 9.84 Å². The van der Waals surface area contributed by atoms with Gasteiger partial charge in [0.2, 0.25) is 9.84 Å². The van der Waals surface area contributed by atoms with Crippen molar-refractivity contribution in [3.8, 4) is 5.75 Å². The summed E-state index contributed by atoms with van der Waals surface area (Å²) in [7, 11) is -2.48. The van der Waals surface area contributed by atoms with Crippen LogP contribution in [0.4, 0.5) is 5.82 Å². The number of rotatable bonds is 5. The number of hydrogen-bond acceptors (Lipinski definition) is 7. The van der Waals surface area contributed by atoms with Gasteiger partial charge in [0.1, 0.15) is 22.0 Å². The van der Waals surface area contributed by atoms with Crippen molar-refractivity contribution >= 4 is 55.7 Å². The summed E-state index contributed by atoms with van der Waals surface area (Å²) in [4.78, 5) is 9.09. The number of benzene rings is 3. The lowest BCUT2D eigenvalue weighted by Crippen LogP contribution is -2.06. The molecule has 10 heteroatoms. The van der Waals surface area contributed by atoms with Crippen molar-refractivity contribution < 1.29 is 13.2 Å². The predicted octanol–water partition coefficient (Wildman–Crippen LogP) is 4.54. The van der Waals surface area contributed by atoms with Crippen LogP contribution in [0.1, 0.15) is 5.56 Å². The second kappa shape index (κ2) is 8.44. The number of para-hydroxylation sites is 2. The molecule has 2 aromatic heterocycles. The lowest BCUT2D eigenvalue weighted by atomic mass is 10.2. The first kappa shape index (κ1) is 21.9. The molecule has 2 heterocycles. The number of nitrogen functional groups attached to an aromatic ring is 1. The van der Waals surface area contributed by atoms with Gasteiger partial charge in [0, 0.05) is 5.02 Å². The van der Waals surface area contributed by atoms with Crippen LogP contribution in [0.15, 0.2) is 87.7 Å². The maximum atomic E-state index is 13.6. The molecule has 3 aromatic carbocycles. The molecule has 0 aliphatic heterocycles. The minimum absolute atomic E-state index is 0.0365. The molecule has 0 fully saturated rings. The van der Waals surface area contributed by atoms with Gasteiger partial charge in [-0.25, -0.2) is 18.4 Å². The number of nitrogens with zero attached hydrogens (tertiary/aromatic N) is 4. The van der Waals surface area contributed by atoms with Crippen molar-refractivity contribution in [3.63, 3.8) is 0 Å². The van der Waals surface area contributed by atoms with Crippen molar-refractivity contribution in [1.82, 2.24) is 14.6 Å². The van der Waals surface area contributed by atoms with Crippen molar-refractivity contribution in [2.75, 3.05) is 12.8 Å². The molecule has 0 saturated heterocycles. The van der Waals surface area contributed by atoms with Gasteiger partial charge in [0.25, 0.3) is 0 Å². The molecule has 5 rings (SSSR count). The molecule has 170 valence electrons. The standard InChI is InChI=1S/C24H18ClN5O3S/c1-33-17-6-4-5-15(13-17)14-27-30-23(26)22(34(31,32)18-11-9-16(25)10-12-18)21-24(30)29-20-8-3-2-7-19(20)28-21/h2-14H,26H2,1H3/b27-14+. The highest BCUT2D eigenvalue weighted by Gasteiger charge is 2.30. The Bertz CT molecular complexity index is 1680. The molecule has 0 atom stereocenters. The Balaban J connectivity index is 1.77. The molecule has 8 nitrogen and oxygen atoms in total. The summed E-state index contributed by atoms with van der Waals surface area (Å²) in [5, 5.41) is 4.87. The highest BCUT2D eigenvalue weighted by atomic mass is 35.5. The van der Waals surface area contributed by atoms with Crippen LogP contribution in [-0.2, 0) is 9.84 Å². The first-order chi connectivity index (χ1) is 16.4. The normalized spacial score (nSPS) is 12.1. The number of fused-ring (bicyclic) bond motifs is 2. The van der Waals surface area contributed by atoms with Gasteiger partial charge in [-0.05, 0) is 54.1 Å². The zero-order valence-corrected chi connectivity index (χ0v) is 19.5. The van der Waals surface area contributed by atoms with E-state index in [-0.39, 0.29) is 26.8 Å². The molecule has 0 unspecified atom stereocenters. The highest BCUT2D eigenvalue weighted by molar-refractivity contribution is 7.92. The number of nitrogens with two attached hydrogens (primary N) is 1. The van der Waals surface area contributed by atoms with Crippen LogP contribution in [0.5, 0.6) is 5.75 Å². The SMILES string of the molecule is COc1cccc(/C=N/n2c(N)c(S(=O)(=O)c3ccc(Cl)cc3)c3nc4ccccc4nc32)c1. The quantitative estimate of drug-likeness (QED) is 0.361. The second-order valence-corrected chi connectivity index (χ2v) is 9.71. The largest absolute Gasteiger partial charge is 0.497 e. The smallest absolute Gasteiger partial charge is 0.212 e. The predicted molar refractivity (Wildman–Crippen MR) is 132 cm³/mol. The summed E-state index contributed by atoms with van der Waals surface area (Å²) in [5.74, 6) is 0.561. The summed E-state index contributed by atoms with van der Waals surface area (Å²) in [5.41, 5.74) is 8.61. The topological polar surface area (TPSA) is 112 Å². The number of halogens is 1. The second-order valence-electron chi connectivity index (χ2n) is 7.39. The van der Waals surface area contributed by atoms with Crippen LogP contribution in [0.25, 0.3) is 22.2 Å². The van der Waals surface area contributed by atoms with Crippen LogP contribution >= 0.6 is 11.6 Å². The monoisotopic (exact) mass is 491 g/mol. The van der Waals surface area contributed by atoms with E-state index in [0.29, 0.717) is 21.8 Å². The average molecular weight is 492 g/mol. The van der Waals surface area contributed by atoms with Crippen molar-refractivity contribution in [2.24, 2.45) is 5.10 Å².